The van der Waals surface area contributed by atoms with Crippen LogP contribution in [0.5, 0.6) is 0 Å². The average Bonchev–Trinajstić information content (AvgIpc) is 2.38. The summed E-state index contributed by atoms with van der Waals surface area (Å²) < 4.78 is 0. The molecular weight excluding hydrogens is 250 g/mol. The first-order valence-electron chi connectivity index (χ1n) is 7.55. The van der Waals surface area contributed by atoms with E-state index < -0.39 is 0 Å². The molecule has 0 aliphatic heterocycles. The molecule has 1 atom stereocenters. The molecule has 108 valence electrons. The third-order valence-corrected chi connectivity index (χ3v) is 4.41. The minimum atomic E-state index is 0.180. The van der Waals surface area contributed by atoms with Crippen LogP contribution in [0, 0.1) is 5.92 Å². The van der Waals surface area contributed by atoms with Crippen LogP contribution in [0.25, 0.3) is 0 Å². The van der Waals surface area contributed by atoms with Crippen molar-refractivity contribution in [1.29, 1.82) is 0 Å². The lowest BCUT2D eigenvalue weighted by Gasteiger charge is -2.13. The molecular formula is C17H29NS. The molecule has 0 bridgehead atoms. The van der Waals surface area contributed by atoms with E-state index in [1.165, 1.54) is 36.1 Å². The Bertz CT molecular complexity index is 332. The third-order valence-electron chi connectivity index (χ3n) is 3.24. The topological polar surface area (TPSA) is 26.0 Å². The van der Waals surface area contributed by atoms with Crippen LogP contribution >= 0.6 is 11.8 Å². The molecule has 0 spiro atoms. The molecule has 0 aliphatic rings. The van der Waals surface area contributed by atoms with Gasteiger partial charge in [0.25, 0.3) is 0 Å². The summed E-state index contributed by atoms with van der Waals surface area (Å²) in [5.41, 5.74) is 8.93. The molecule has 19 heavy (non-hydrogen) atoms. The first-order valence-corrected chi connectivity index (χ1v) is 8.71. The first-order chi connectivity index (χ1) is 9.13. The van der Waals surface area contributed by atoms with Crippen molar-refractivity contribution in [2.75, 3.05) is 11.5 Å². The number of thioether (sulfide) groups is 1. The van der Waals surface area contributed by atoms with Gasteiger partial charge in [-0.2, -0.15) is 11.8 Å². The van der Waals surface area contributed by atoms with Gasteiger partial charge in [0.15, 0.2) is 0 Å². The van der Waals surface area contributed by atoms with Gasteiger partial charge in [-0.25, -0.2) is 0 Å². The van der Waals surface area contributed by atoms with Crippen molar-refractivity contribution in [3.8, 4) is 0 Å². The summed E-state index contributed by atoms with van der Waals surface area (Å²) in [6.07, 6.45) is 5.11. The zero-order valence-corrected chi connectivity index (χ0v) is 13.5. The van der Waals surface area contributed by atoms with Crippen LogP contribution in [0.4, 0.5) is 0 Å². The lowest BCUT2D eigenvalue weighted by molar-refractivity contribution is 0.647. The monoisotopic (exact) mass is 279 g/mol. The summed E-state index contributed by atoms with van der Waals surface area (Å²) in [6.45, 7) is 6.76. The summed E-state index contributed by atoms with van der Waals surface area (Å²) in [5, 5.41) is 0. The SMILES string of the molecule is CCCCCSCC(N)c1ccc(CC(C)C)cc1. The maximum atomic E-state index is 6.24. The highest BCUT2D eigenvalue weighted by molar-refractivity contribution is 7.99. The Morgan fingerprint density at radius 1 is 1.11 bits per heavy atom. The molecule has 0 fully saturated rings. The van der Waals surface area contributed by atoms with Crippen LogP contribution in [0.15, 0.2) is 24.3 Å². The Morgan fingerprint density at radius 2 is 1.79 bits per heavy atom. The van der Waals surface area contributed by atoms with Crippen LogP contribution in [-0.4, -0.2) is 11.5 Å². The second-order valence-corrected chi connectivity index (χ2v) is 6.88. The zero-order valence-electron chi connectivity index (χ0n) is 12.7. The fraction of sp³-hybridized carbons (Fsp3) is 0.647. The van der Waals surface area contributed by atoms with Gasteiger partial charge in [0, 0.05) is 11.8 Å². The molecule has 2 N–H and O–H groups in total. The van der Waals surface area contributed by atoms with E-state index in [2.05, 4.69) is 45.0 Å². The molecule has 1 unspecified atom stereocenters. The van der Waals surface area contributed by atoms with Gasteiger partial charge >= 0.3 is 0 Å². The van der Waals surface area contributed by atoms with E-state index in [-0.39, 0.29) is 6.04 Å². The van der Waals surface area contributed by atoms with E-state index in [0.717, 1.165) is 12.2 Å². The molecule has 0 saturated carbocycles. The van der Waals surface area contributed by atoms with Crippen molar-refractivity contribution in [3.63, 3.8) is 0 Å². The highest BCUT2D eigenvalue weighted by Gasteiger charge is 2.06. The Kier molecular flexibility index (Phi) is 8.24. The highest BCUT2D eigenvalue weighted by atomic mass is 32.2. The molecule has 1 aromatic carbocycles. The van der Waals surface area contributed by atoms with Gasteiger partial charge in [0.2, 0.25) is 0 Å². The van der Waals surface area contributed by atoms with E-state index in [9.17, 15) is 0 Å². The van der Waals surface area contributed by atoms with E-state index in [1.54, 1.807) is 0 Å². The van der Waals surface area contributed by atoms with E-state index in [0.29, 0.717) is 5.92 Å². The highest BCUT2D eigenvalue weighted by Crippen LogP contribution is 2.19. The number of hydrogen-bond acceptors (Lipinski definition) is 2. The standard InChI is InChI=1S/C17H29NS/c1-4-5-6-11-19-13-17(18)16-9-7-15(8-10-16)12-14(2)3/h7-10,14,17H,4-6,11-13,18H2,1-3H3. The molecule has 0 aromatic heterocycles. The molecule has 0 radical (unpaired) electrons. The predicted octanol–water partition coefficient (Wildman–Crippen LogP) is 4.81. The van der Waals surface area contributed by atoms with Gasteiger partial charge in [-0.3, -0.25) is 0 Å². The van der Waals surface area contributed by atoms with Crippen molar-refractivity contribution < 1.29 is 0 Å². The summed E-state index contributed by atoms with van der Waals surface area (Å²) in [5.74, 6) is 2.99. The molecule has 1 rings (SSSR count). The van der Waals surface area contributed by atoms with Crippen LogP contribution in [0.3, 0.4) is 0 Å². The quantitative estimate of drug-likeness (QED) is 0.657. The predicted molar refractivity (Wildman–Crippen MR) is 88.8 cm³/mol. The van der Waals surface area contributed by atoms with Crippen LogP contribution in [-0.2, 0) is 6.42 Å². The second kappa shape index (κ2) is 9.44. The largest absolute Gasteiger partial charge is 0.323 e. The zero-order chi connectivity index (χ0) is 14.1. The Morgan fingerprint density at radius 3 is 2.37 bits per heavy atom. The second-order valence-electron chi connectivity index (χ2n) is 5.73. The molecule has 0 aliphatic carbocycles. The first kappa shape index (κ1) is 16.6. The number of nitrogens with two attached hydrogens (primary N) is 1. The summed E-state index contributed by atoms with van der Waals surface area (Å²) >= 11 is 1.99. The van der Waals surface area contributed by atoms with Gasteiger partial charge in [0.1, 0.15) is 0 Å². The fourth-order valence-corrected chi connectivity index (χ4v) is 3.15. The lowest BCUT2D eigenvalue weighted by atomic mass is 10.0. The number of rotatable bonds is 9. The number of unbranched alkanes of at least 4 members (excludes halogenated alkanes) is 2. The van der Waals surface area contributed by atoms with Gasteiger partial charge in [-0.15, -0.1) is 0 Å². The Labute approximate surface area is 123 Å². The molecule has 1 aromatic rings. The van der Waals surface area contributed by atoms with Crippen molar-refractivity contribution in [1.82, 2.24) is 0 Å². The van der Waals surface area contributed by atoms with Crippen molar-refractivity contribution in [2.45, 2.75) is 52.5 Å². The van der Waals surface area contributed by atoms with Gasteiger partial charge in [0.05, 0.1) is 0 Å². The fourth-order valence-electron chi connectivity index (χ4n) is 2.13. The summed E-state index contributed by atoms with van der Waals surface area (Å²) in [4.78, 5) is 0. The minimum Gasteiger partial charge on any atom is -0.323 e. The molecule has 0 heterocycles. The van der Waals surface area contributed by atoms with Crippen LogP contribution < -0.4 is 5.73 Å². The van der Waals surface area contributed by atoms with Gasteiger partial charge < -0.3 is 5.73 Å². The lowest BCUT2D eigenvalue weighted by Crippen LogP contribution is -2.13. The molecule has 0 amide bonds. The van der Waals surface area contributed by atoms with E-state index in [4.69, 9.17) is 5.73 Å². The maximum Gasteiger partial charge on any atom is 0.0386 e. The molecule has 0 saturated heterocycles. The molecule has 1 nitrogen and oxygen atoms in total. The van der Waals surface area contributed by atoms with Crippen molar-refractivity contribution >= 4 is 11.8 Å². The number of benzene rings is 1. The van der Waals surface area contributed by atoms with Gasteiger partial charge in [-0.1, -0.05) is 57.9 Å². The maximum absolute atomic E-state index is 6.24. The smallest absolute Gasteiger partial charge is 0.0386 e. The van der Waals surface area contributed by atoms with Gasteiger partial charge in [-0.05, 0) is 35.6 Å². The Balaban J connectivity index is 2.33. The van der Waals surface area contributed by atoms with E-state index in [1.807, 2.05) is 11.8 Å². The normalized spacial score (nSPS) is 12.9. The summed E-state index contributed by atoms with van der Waals surface area (Å²) in [7, 11) is 0. The Hall–Kier alpha value is -0.470. The average molecular weight is 279 g/mol. The minimum absolute atomic E-state index is 0.180. The molecule has 2 heteroatoms. The van der Waals surface area contributed by atoms with Crippen molar-refractivity contribution in [3.05, 3.63) is 35.4 Å². The van der Waals surface area contributed by atoms with E-state index >= 15 is 0 Å². The van der Waals surface area contributed by atoms with Crippen LogP contribution in [0.1, 0.15) is 57.2 Å². The summed E-state index contributed by atoms with van der Waals surface area (Å²) in [6, 6.07) is 9.05. The van der Waals surface area contributed by atoms with Crippen LogP contribution in [0.2, 0.25) is 0 Å². The third kappa shape index (κ3) is 7.03. The number of hydrogen-bond donors (Lipinski definition) is 1. The van der Waals surface area contributed by atoms with Crippen molar-refractivity contribution in [2.24, 2.45) is 11.7 Å².